The summed E-state index contributed by atoms with van der Waals surface area (Å²) in [6, 6.07) is 1.58. The summed E-state index contributed by atoms with van der Waals surface area (Å²) in [5.74, 6) is 0.462. The zero-order valence-corrected chi connectivity index (χ0v) is 11.7. The van der Waals surface area contributed by atoms with E-state index in [0.717, 1.165) is 0 Å². The van der Waals surface area contributed by atoms with Gasteiger partial charge in [-0.25, -0.2) is 0 Å². The van der Waals surface area contributed by atoms with Crippen LogP contribution in [0.5, 0.6) is 0 Å². The van der Waals surface area contributed by atoms with Gasteiger partial charge < -0.3 is 14.9 Å². The molecule has 0 saturated carbocycles. The first-order chi connectivity index (χ1) is 8.24. The minimum absolute atomic E-state index is 0.145. The molecule has 18 heavy (non-hydrogen) atoms. The third kappa shape index (κ3) is 3.57. The van der Waals surface area contributed by atoms with Crippen LogP contribution >= 0.6 is 0 Å². The predicted octanol–water partition coefficient (Wildman–Crippen LogP) is 1.76. The Kier molecular flexibility index (Phi) is 4.51. The average Bonchev–Trinajstić information content (AvgIpc) is 2.71. The van der Waals surface area contributed by atoms with Crippen molar-refractivity contribution in [3.63, 3.8) is 0 Å². The molecule has 0 aliphatic heterocycles. The number of carbonyl (C=O) groups excluding carboxylic acids is 1. The smallest absolute Gasteiger partial charge is 0.273 e. The van der Waals surface area contributed by atoms with E-state index in [1.54, 1.807) is 13.0 Å². The summed E-state index contributed by atoms with van der Waals surface area (Å²) in [6.45, 7) is 9.87. The Morgan fingerprint density at radius 3 is 2.61 bits per heavy atom. The summed E-state index contributed by atoms with van der Waals surface area (Å²) >= 11 is 0. The second-order valence-corrected chi connectivity index (χ2v) is 5.68. The number of aromatic nitrogens is 1. The molecule has 5 nitrogen and oxygen atoms in total. The van der Waals surface area contributed by atoms with Crippen LogP contribution < -0.4 is 5.32 Å². The number of aliphatic hydroxyl groups is 1. The fourth-order valence-corrected chi connectivity index (χ4v) is 1.88. The first-order valence-electron chi connectivity index (χ1n) is 6.13. The number of hydrogen-bond donors (Lipinski definition) is 2. The molecule has 1 unspecified atom stereocenters. The van der Waals surface area contributed by atoms with Crippen LogP contribution in [0.15, 0.2) is 10.6 Å². The summed E-state index contributed by atoms with van der Waals surface area (Å²) in [6.07, 6.45) is -0.475. The fraction of sp³-hybridized carbons (Fsp3) is 0.692. The first kappa shape index (κ1) is 14.7. The normalized spacial score (nSPS) is 13.7. The topological polar surface area (TPSA) is 75.4 Å². The highest BCUT2D eigenvalue weighted by molar-refractivity contribution is 5.92. The van der Waals surface area contributed by atoms with E-state index in [9.17, 15) is 9.90 Å². The third-order valence-corrected chi connectivity index (χ3v) is 3.00. The van der Waals surface area contributed by atoms with E-state index in [-0.39, 0.29) is 22.9 Å². The highest BCUT2D eigenvalue weighted by Gasteiger charge is 2.30. The van der Waals surface area contributed by atoms with Crippen LogP contribution in [-0.4, -0.2) is 28.8 Å². The van der Waals surface area contributed by atoms with E-state index in [4.69, 9.17) is 4.52 Å². The molecule has 1 heterocycles. The molecule has 0 saturated heterocycles. The molecule has 1 aromatic heterocycles. The molecule has 0 radical (unpaired) electrons. The molecular formula is C13H22N2O3. The van der Waals surface area contributed by atoms with Crippen LogP contribution in [-0.2, 0) is 0 Å². The number of aliphatic hydroxyl groups excluding tert-OH is 1. The van der Waals surface area contributed by atoms with Crippen LogP contribution in [0.25, 0.3) is 0 Å². The van der Waals surface area contributed by atoms with Crippen molar-refractivity contribution in [2.75, 3.05) is 6.54 Å². The van der Waals surface area contributed by atoms with Gasteiger partial charge in [-0.15, -0.1) is 0 Å². The van der Waals surface area contributed by atoms with Gasteiger partial charge >= 0.3 is 0 Å². The second-order valence-electron chi connectivity index (χ2n) is 5.68. The SMILES string of the molecule is Cc1cc(C(=O)NCC(C)(C)C(O)C(C)C)no1. The van der Waals surface area contributed by atoms with Gasteiger partial charge in [0.2, 0.25) is 0 Å². The number of hydrogen-bond acceptors (Lipinski definition) is 4. The molecule has 0 spiro atoms. The Morgan fingerprint density at radius 1 is 1.56 bits per heavy atom. The Morgan fingerprint density at radius 2 is 2.17 bits per heavy atom. The number of aryl methyl sites for hydroxylation is 1. The van der Waals surface area contributed by atoms with Crippen LogP contribution in [0.2, 0.25) is 0 Å². The first-order valence-corrected chi connectivity index (χ1v) is 6.13. The van der Waals surface area contributed by atoms with Crippen molar-refractivity contribution in [1.82, 2.24) is 10.5 Å². The molecule has 1 aromatic rings. The maximum Gasteiger partial charge on any atom is 0.273 e. The standard InChI is InChI=1S/C13H22N2O3/c1-8(2)11(16)13(4,5)7-14-12(17)10-6-9(3)18-15-10/h6,8,11,16H,7H2,1-5H3,(H,14,17). The Hall–Kier alpha value is -1.36. The number of nitrogens with one attached hydrogen (secondary N) is 1. The molecule has 102 valence electrons. The molecule has 1 rings (SSSR count). The van der Waals surface area contributed by atoms with Gasteiger partial charge in [0.15, 0.2) is 5.69 Å². The molecule has 0 aliphatic rings. The van der Waals surface area contributed by atoms with Gasteiger partial charge in [0.25, 0.3) is 5.91 Å². The largest absolute Gasteiger partial charge is 0.392 e. The highest BCUT2D eigenvalue weighted by Crippen LogP contribution is 2.25. The lowest BCUT2D eigenvalue weighted by Crippen LogP contribution is -2.43. The quantitative estimate of drug-likeness (QED) is 0.839. The summed E-state index contributed by atoms with van der Waals surface area (Å²) in [5.41, 5.74) is -0.120. The van der Waals surface area contributed by atoms with E-state index in [2.05, 4.69) is 10.5 Å². The number of nitrogens with zero attached hydrogens (tertiary/aromatic N) is 1. The lowest BCUT2D eigenvalue weighted by molar-refractivity contribution is 0.0137. The molecule has 2 N–H and O–H groups in total. The van der Waals surface area contributed by atoms with Gasteiger partial charge in [0, 0.05) is 18.0 Å². The summed E-state index contributed by atoms with van der Waals surface area (Å²) in [5, 5.41) is 16.5. The summed E-state index contributed by atoms with van der Waals surface area (Å²) < 4.78 is 4.84. The maximum atomic E-state index is 11.8. The van der Waals surface area contributed by atoms with Gasteiger partial charge in [-0.1, -0.05) is 32.9 Å². The van der Waals surface area contributed by atoms with E-state index >= 15 is 0 Å². The van der Waals surface area contributed by atoms with Gasteiger partial charge in [-0.2, -0.15) is 0 Å². The second kappa shape index (κ2) is 5.52. The van der Waals surface area contributed by atoms with Crippen molar-refractivity contribution >= 4 is 5.91 Å². The van der Waals surface area contributed by atoms with Gasteiger partial charge in [0.1, 0.15) is 5.76 Å². The van der Waals surface area contributed by atoms with Gasteiger partial charge in [-0.05, 0) is 12.8 Å². The molecular weight excluding hydrogens is 232 g/mol. The van der Waals surface area contributed by atoms with E-state index in [1.807, 2.05) is 27.7 Å². The monoisotopic (exact) mass is 254 g/mol. The van der Waals surface area contributed by atoms with E-state index in [0.29, 0.717) is 12.3 Å². The fourth-order valence-electron chi connectivity index (χ4n) is 1.88. The molecule has 0 aliphatic carbocycles. The third-order valence-electron chi connectivity index (χ3n) is 3.00. The van der Waals surface area contributed by atoms with Gasteiger partial charge in [0.05, 0.1) is 6.10 Å². The Bertz CT molecular complexity index is 410. The molecule has 1 amide bonds. The van der Waals surface area contributed by atoms with E-state index < -0.39 is 6.10 Å². The van der Waals surface area contributed by atoms with E-state index in [1.165, 1.54) is 0 Å². The molecule has 1 atom stereocenters. The van der Waals surface area contributed by atoms with Crippen molar-refractivity contribution in [2.24, 2.45) is 11.3 Å². The van der Waals surface area contributed by atoms with Crippen molar-refractivity contribution in [1.29, 1.82) is 0 Å². The molecule has 0 bridgehead atoms. The minimum Gasteiger partial charge on any atom is -0.392 e. The van der Waals surface area contributed by atoms with Gasteiger partial charge in [-0.3, -0.25) is 4.79 Å². The summed E-state index contributed by atoms with van der Waals surface area (Å²) in [7, 11) is 0. The maximum absolute atomic E-state index is 11.8. The molecule has 0 aromatic carbocycles. The van der Waals surface area contributed by atoms with Crippen LogP contribution in [0.4, 0.5) is 0 Å². The lowest BCUT2D eigenvalue weighted by atomic mass is 9.80. The number of carbonyl (C=O) groups is 1. The Balaban J connectivity index is 2.57. The molecule has 5 heteroatoms. The number of amides is 1. The predicted molar refractivity (Wildman–Crippen MR) is 68.2 cm³/mol. The van der Waals surface area contributed by atoms with Crippen LogP contribution in [0.3, 0.4) is 0 Å². The van der Waals surface area contributed by atoms with Crippen LogP contribution in [0.1, 0.15) is 43.9 Å². The zero-order chi connectivity index (χ0) is 13.9. The Labute approximate surface area is 108 Å². The summed E-state index contributed by atoms with van der Waals surface area (Å²) in [4.78, 5) is 11.8. The van der Waals surface area contributed by atoms with Crippen LogP contribution in [0, 0.1) is 18.3 Å². The van der Waals surface area contributed by atoms with Crippen molar-refractivity contribution in [2.45, 2.75) is 40.7 Å². The lowest BCUT2D eigenvalue weighted by Gasteiger charge is -2.33. The van der Waals surface area contributed by atoms with Crippen molar-refractivity contribution in [3.05, 3.63) is 17.5 Å². The minimum atomic E-state index is -0.475. The highest BCUT2D eigenvalue weighted by atomic mass is 16.5. The zero-order valence-electron chi connectivity index (χ0n) is 11.7. The average molecular weight is 254 g/mol. The van der Waals surface area contributed by atoms with Crippen molar-refractivity contribution in [3.8, 4) is 0 Å². The molecule has 0 fully saturated rings. The van der Waals surface area contributed by atoms with Crippen molar-refractivity contribution < 1.29 is 14.4 Å². The number of rotatable bonds is 5.